The zero-order valence-electron chi connectivity index (χ0n) is 27.0. The molecule has 3 heterocycles. The highest BCUT2D eigenvalue weighted by molar-refractivity contribution is 6.18. The van der Waals surface area contributed by atoms with E-state index in [9.17, 15) is 0 Å². The summed E-state index contributed by atoms with van der Waals surface area (Å²) in [5, 5.41) is 3.27. The first-order chi connectivity index (χ1) is 24.8. The van der Waals surface area contributed by atoms with Crippen molar-refractivity contribution in [2.24, 2.45) is 0 Å². The number of rotatable bonds is 5. The second-order valence-electron chi connectivity index (χ2n) is 12.1. The van der Waals surface area contributed by atoms with Crippen LogP contribution < -0.4 is 0 Å². The van der Waals surface area contributed by atoms with Crippen molar-refractivity contribution in [3.8, 4) is 51.0 Å². The average molecular weight is 643 g/mol. The number of hydrogen-bond donors (Lipinski definition) is 0. The lowest BCUT2D eigenvalue weighted by molar-refractivity contribution is 0.669. The third-order valence-electron chi connectivity index (χ3n) is 8.95. The molecule has 0 spiro atoms. The Morgan fingerprint density at radius 1 is 0.380 bits per heavy atom. The maximum Gasteiger partial charge on any atom is 0.164 e. The molecule has 5 nitrogen and oxygen atoms in total. The third-order valence-corrected chi connectivity index (χ3v) is 8.95. The van der Waals surface area contributed by atoms with Crippen molar-refractivity contribution in [1.82, 2.24) is 19.5 Å². The highest BCUT2D eigenvalue weighted by atomic mass is 16.3. The van der Waals surface area contributed by atoms with Crippen LogP contribution in [0.5, 0.6) is 0 Å². The molecule has 5 heteroatoms. The summed E-state index contributed by atoms with van der Waals surface area (Å²) in [5.41, 5.74) is 8.80. The smallest absolute Gasteiger partial charge is 0.164 e. The van der Waals surface area contributed by atoms with E-state index in [-0.39, 0.29) is 0 Å². The van der Waals surface area contributed by atoms with Crippen LogP contribution in [0.15, 0.2) is 187 Å². The van der Waals surface area contributed by atoms with Crippen LogP contribution >= 0.6 is 0 Å². The predicted octanol–water partition coefficient (Wildman–Crippen LogP) is 11.5. The quantitative estimate of drug-likeness (QED) is 0.187. The molecule has 0 bridgehead atoms. The molecule has 236 valence electrons. The molecule has 0 fully saturated rings. The molecule has 50 heavy (non-hydrogen) atoms. The fourth-order valence-electron chi connectivity index (χ4n) is 6.52. The van der Waals surface area contributed by atoms with E-state index in [1.165, 1.54) is 5.56 Å². The number of benzene rings is 6. The van der Waals surface area contributed by atoms with Gasteiger partial charge in [-0.3, -0.25) is 0 Å². The summed E-state index contributed by atoms with van der Waals surface area (Å²) in [6, 6.07) is 60.0. The highest BCUT2D eigenvalue weighted by Crippen LogP contribution is 2.35. The molecule has 0 saturated heterocycles. The number of fused-ring (bicyclic) bond motifs is 5. The van der Waals surface area contributed by atoms with Crippen molar-refractivity contribution in [2.75, 3.05) is 0 Å². The van der Waals surface area contributed by atoms with Crippen molar-refractivity contribution in [1.29, 1.82) is 0 Å². The minimum atomic E-state index is 0.604. The van der Waals surface area contributed by atoms with Gasteiger partial charge in [-0.2, -0.15) is 0 Å². The lowest BCUT2D eigenvalue weighted by atomic mass is 10.0. The van der Waals surface area contributed by atoms with E-state index in [2.05, 4.69) is 126 Å². The van der Waals surface area contributed by atoms with E-state index >= 15 is 0 Å². The van der Waals surface area contributed by atoms with Gasteiger partial charge in [0.2, 0.25) is 0 Å². The molecule has 9 rings (SSSR count). The van der Waals surface area contributed by atoms with Gasteiger partial charge in [0.05, 0.1) is 5.52 Å². The number of nitrogens with zero attached hydrogens (tertiary/aromatic N) is 4. The van der Waals surface area contributed by atoms with E-state index in [1.54, 1.807) is 0 Å². The Bertz CT molecular complexity index is 2690. The van der Waals surface area contributed by atoms with E-state index in [1.807, 2.05) is 60.7 Å². The minimum absolute atomic E-state index is 0.604. The van der Waals surface area contributed by atoms with Crippen LogP contribution in [-0.4, -0.2) is 19.5 Å². The summed E-state index contributed by atoms with van der Waals surface area (Å²) in [5.74, 6) is 1.85. The first-order valence-electron chi connectivity index (χ1n) is 16.6. The lowest BCUT2D eigenvalue weighted by Crippen LogP contribution is -2.01. The molecule has 0 amide bonds. The van der Waals surface area contributed by atoms with Gasteiger partial charge in [-0.25, -0.2) is 15.0 Å². The SMILES string of the molecule is c1ccc(-c2ccc(-c3nc(-c4ccccc4)nc(-c4cccc(-n5ccccccc6c7c(ccc65)oc5ccccc57)c4)n3)cc2)cc1. The van der Waals surface area contributed by atoms with Crippen LogP contribution in [-0.2, 0) is 0 Å². The van der Waals surface area contributed by atoms with Crippen LogP contribution in [0.4, 0.5) is 0 Å². The van der Waals surface area contributed by atoms with E-state index < -0.39 is 0 Å². The first-order valence-corrected chi connectivity index (χ1v) is 16.6. The van der Waals surface area contributed by atoms with E-state index in [0.29, 0.717) is 17.5 Å². The molecule has 9 aromatic rings. The third kappa shape index (κ3) is 5.47. The van der Waals surface area contributed by atoms with Gasteiger partial charge in [0, 0.05) is 44.7 Å². The number of hydrogen-bond acceptors (Lipinski definition) is 4. The molecule has 0 radical (unpaired) electrons. The Balaban J connectivity index is 1.21. The van der Waals surface area contributed by atoms with Gasteiger partial charge < -0.3 is 8.98 Å². The second kappa shape index (κ2) is 12.6. The molecule has 0 aliphatic rings. The maximum atomic E-state index is 6.25. The van der Waals surface area contributed by atoms with Crippen LogP contribution in [0.2, 0.25) is 0 Å². The zero-order chi connectivity index (χ0) is 33.3. The van der Waals surface area contributed by atoms with Gasteiger partial charge in [-0.15, -0.1) is 0 Å². The van der Waals surface area contributed by atoms with Crippen molar-refractivity contribution in [2.45, 2.75) is 0 Å². The monoisotopic (exact) mass is 642 g/mol. The predicted molar refractivity (Wildman–Crippen MR) is 203 cm³/mol. The van der Waals surface area contributed by atoms with Crippen LogP contribution in [0, 0.1) is 0 Å². The second-order valence-corrected chi connectivity index (χ2v) is 12.1. The molecule has 0 N–H and O–H groups in total. The van der Waals surface area contributed by atoms with Gasteiger partial charge in [-0.1, -0.05) is 140 Å². The molecular formula is C45H30N4O. The van der Waals surface area contributed by atoms with Gasteiger partial charge in [-0.05, 0) is 47.5 Å². The molecule has 6 aromatic carbocycles. The van der Waals surface area contributed by atoms with Gasteiger partial charge in [0.25, 0.3) is 0 Å². The number of para-hydroxylation sites is 1. The molecule has 0 unspecified atom stereocenters. The van der Waals surface area contributed by atoms with Gasteiger partial charge in [0.1, 0.15) is 11.2 Å². The van der Waals surface area contributed by atoms with Crippen LogP contribution in [0.3, 0.4) is 0 Å². The summed E-state index contributed by atoms with van der Waals surface area (Å²) in [4.78, 5) is 15.0. The number of furan rings is 1. The van der Waals surface area contributed by atoms with Crippen molar-refractivity contribution < 1.29 is 4.42 Å². The molecule has 3 aromatic heterocycles. The largest absolute Gasteiger partial charge is 0.456 e. The summed E-state index contributed by atoms with van der Waals surface area (Å²) < 4.78 is 8.46. The summed E-state index contributed by atoms with van der Waals surface area (Å²) in [7, 11) is 0. The van der Waals surface area contributed by atoms with E-state index in [4.69, 9.17) is 19.4 Å². The minimum Gasteiger partial charge on any atom is -0.456 e. The Morgan fingerprint density at radius 3 is 1.70 bits per heavy atom. The molecule has 0 atom stereocenters. The van der Waals surface area contributed by atoms with Crippen LogP contribution in [0.1, 0.15) is 0 Å². The molecular weight excluding hydrogens is 613 g/mol. The molecule has 0 saturated carbocycles. The van der Waals surface area contributed by atoms with Gasteiger partial charge in [0.15, 0.2) is 17.5 Å². The Morgan fingerprint density at radius 2 is 0.920 bits per heavy atom. The van der Waals surface area contributed by atoms with Crippen LogP contribution in [0.25, 0.3) is 83.8 Å². The van der Waals surface area contributed by atoms with Gasteiger partial charge >= 0.3 is 0 Å². The molecule has 0 aliphatic heterocycles. The zero-order valence-corrected chi connectivity index (χ0v) is 27.0. The summed E-state index contributed by atoms with van der Waals surface area (Å²) in [6.07, 6.45) is 2.10. The normalized spacial score (nSPS) is 11.2. The Kier molecular flexibility index (Phi) is 7.41. The summed E-state index contributed by atoms with van der Waals surface area (Å²) >= 11 is 0. The highest BCUT2D eigenvalue weighted by Gasteiger charge is 2.15. The fraction of sp³-hybridized carbons (Fsp3) is 0. The first kappa shape index (κ1) is 29.3. The maximum absolute atomic E-state index is 6.25. The standard InChI is InChI=1S/C45H30N4O/c1-2-12-29-49(39-27-28-41-42(37(39)20-9-1)38-21-10-11-22-40(38)50-41)36-19-13-18-35(30-36)45-47-43(33-16-7-4-8-17-33)46-44(48-45)34-25-23-32(24-26-34)31-14-5-3-6-15-31/h1-30H. The van der Waals surface area contributed by atoms with Crippen molar-refractivity contribution >= 4 is 32.8 Å². The Hall–Kier alpha value is -6.85. The van der Waals surface area contributed by atoms with Crippen molar-refractivity contribution in [3.05, 3.63) is 182 Å². The Labute approximate surface area is 289 Å². The molecule has 0 aliphatic carbocycles. The fourth-order valence-corrected chi connectivity index (χ4v) is 6.52. The lowest BCUT2D eigenvalue weighted by Gasteiger charge is -2.12. The topological polar surface area (TPSA) is 56.7 Å². The number of aromatic nitrogens is 4. The van der Waals surface area contributed by atoms with Crippen molar-refractivity contribution in [3.63, 3.8) is 0 Å². The summed E-state index contributed by atoms with van der Waals surface area (Å²) in [6.45, 7) is 0. The van der Waals surface area contributed by atoms with E-state index in [0.717, 1.165) is 60.8 Å². The average Bonchev–Trinajstić information content (AvgIpc) is 3.61.